The molecule has 0 heterocycles. The molecule has 20 fully saturated rings. The molecule has 0 radical (unpaired) electrons. The average Bonchev–Trinajstić information content (AvgIpc) is 0.742. The molecular weight excluding hydrogens is 1830 g/mol. The van der Waals surface area contributed by atoms with E-state index in [4.69, 9.17) is 59.3 Å². The van der Waals surface area contributed by atoms with Crippen LogP contribution in [0.4, 0.5) is 17.6 Å². The minimum atomic E-state index is -3.58. The molecule has 0 aromatic heterocycles. The van der Waals surface area contributed by atoms with Gasteiger partial charge in [-0.2, -0.15) is 17.6 Å². The van der Waals surface area contributed by atoms with Crippen LogP contribution in [0, 0.1) is 117 Å². The number of benzene rings is 6. The van der Waals surface area contributed by atoms with Gasteiger partial charge in [0.25, 0.3) is 0 Å². The number of hydrogen-bond donors (Lipinski definition) is 2. The Labute approximate surface area is 830 Å². The lowest BCUT2D eigenvalue weighted by atomic mass is 9.48. The third kappa shape index (κ3) is 23.3. The topological polar surface area (TPSA) is 243 Å². The summed E-state index contributed by atoms with van der Waals surface area (Å²) in [4.78, 5) is 97.0. The molecule has 0 spiro atoms. The first-order valence-electron chi connectivity index (χ1n) is 50.9. The molecule has 0 saturated heterocycles. The van der Waals surface area contributed by atoms with Crippen molar-refractivity contribution >= 4 is 75.2 Å². The van der Waals surface area contributed by atoms with Gasteiger partial charge in [0.2, 0.25) is 0 Å². The Hall–Kier alpha value is -7.84. The van der Waals surface area contributed by atoms with Gasteiger partial charge in [-0.3, -0.25) is 14.4 Å². The number of aliphatic hydroxyl groups excluding tert-OH is 2. The van der Waals surface area contributed by atoms with Gasteiger partial charge in [-0.15, -0.1) is 11.6 Å². The van der Waals surface area contributed by atoms with Crippen LogP contribution in [0.15, 0.2) is 211 Å². The predicted octanol–water partition coefficient (Wildman–Crippen LogP) is 23.1. The lowest BCUT2D eigenvalue weighted by molar-refractivity contribution is -0.219. The molecule has 6 aromatic rings. The molecule has 20 aliphatic rings. The van der Waals surface area contributed by atoms with Crippen molar-refractivity contribution in [1.29, 1.82) is 0 Å². The first-order valence-corrected chi connectivity index (χ1v) is 53.9. The van der Waals surface area contributed by atoms with E-state index in [1.54, 1.807) is 0 Å². The number of carbonyl (C=O) groups is 7. The van der Waals surface area contributed by atoms with E-state index in [-0.39, 0.29) is 117 Å². The Morgan fingerprint density at radius 3 is 0.899 bits per heavy atom. The maximum absolute atomic E-state index is 14.0. The van der Waals surface area contributed by atoms with Crippen LogP contribution in [0.3, 0.4) is 0 Å². The van der Waals surface area contributed by atoms with Crippen molar-refractivity contribution in [3.8, 4) is 0 Å². The fourth-order valence-electron chi connectivity index (χ4n) is 29.9. The summed E-state index contributed by atoms with van der Waals surface area (Å²) < 4.78 is 106. The summed E-state index contributed by atoms with van der Waals surface area (Å²) in [5, 5.41) is 18.2. The SMILES string of the molecule is C.C.CC(F)(F)C(=O)OC1C2CC3CC1CC(C(=O)OCC(O)CO)(C3)C2.CCC1(OC(=O)CCl)C2CC3CC(C2)CC1C3.CCC1(OC(=O)COCC(COC(=O)C23CC4CC(C2)C(OC(=O)C(C)(F)F)C(C4)C3)OCC(=O)OC2(CC)C3CC4CC(C3)CC2C4)C2CC3CC(C2)CC1C3.c1ccc([S+](c2ccccc2)c2ccccc2)cc1.c1ccc([S+](c2ccccc2)c2ccccc2)cc1. The molecule has 20 saturated carbocycles. The highest BCUT2D eigenvalue weighted by molar-refractivity contribution is 7.97. The lowest BCUT2D eigenvalue weighted by Crippen LogP contribution is -2.59. The normalized spacial score (nSPS) is 33.8. The predicted molar refractivity (Wildman–Crippen MR) is 524 cm³/mol. The second-order valence-electron chi connectivity index (χ2n) is 43.4. The van der Waals surface area contributed by atoms with Crippen molar-refractivity contribution in [2.24, 2.45) is 117 Å². The van der Waals surface area contributed by atoms with Gasteiger partial charge in [0.15, 0.2) is 29.4 Å². The summed E-state index contributed by atoms with van der Waals surface area (Å²) in [6.07, 6.45) is 23.4. The molecule has 20 bridgehead atoms. The second kappa shape index (κ2) is 45.2. The smallest absolute Gasteiger partial charge is 0.376 e. The zero-order chi connectivity index (χ0) is 96.2. The summed E-state index contributed by atoms with van der Waals surface area (Å²) in [6, 6.07) is 64.3. The molecule has 0 amide bonds. The Morgan fingerprint density at radius 1 is 0.374 bits per heavy atom. The second-order valence-corrected chi connectivity index (χ2v) is 47.7. The van der Waals surface area contributed by atoms with E-state index in [1.165, 1.54) is 74.3 Å². The van der Waals surface area contributed by atoms with E-state index < -0.39 is 101 Å². The number of rotatable bonds is 31. The largest absolute Gasteiger partial charge is 0.462 e. The number of alkyl halides is 5. The van der Waals surface area contributed by atoms with Crippen molar-refractivity contribution in [2.45, 2.75) is 312 Å². The maximum atomic E-state index is 14.0. The monoisotopic (exact) mass is 1980 g/mol. The van der Waals surface area contributed by atoms with Gasteiger partial charge in [0.1, 0.15) is 73.5 Å². The van der Waals surface area contributed by atoms with Crippen molar-refractivity contribution in [3.63, 3.8) is 0 Å². The van der Waals surface area contributed by atoms with E-state index >= 15 is 0 Å². The van der Waals surface area contributed by atoms with Crippen LogP contribution >= 0.6 is 11.6 Å². The molecule has 2 N–H and O–H groups in total. The fraction of sp³-hybridized carbons (Fsp3) is 0.623. The van der Waals surface area contributed by atoms with Gasteiger partial charge in [-0.05, 0) is 359 Å². The minimum Gasteiger partial charge on any atom is -0.462 e. The Kier molecular flexibility index (Phi) is 34.3. The van der Waals surface area contributed by atoms with Gasteiger partial charge in [-0.25, -0.2) is 19.2 Å². The fourth-order valence-corrected chi connectivity index (χ4v) is 34.1. The minimum absolute atomic E-state index is 0. The number of aliphatic hydroxyl groups is 2. The Morgan fingerprint density at radius 2 is 0.640 bits per heavy atom. The van der Waals surface area contributed by atoms with Crippen LogP contribution in [-0.2, 0) is 98.0 Å². The van der Waals surface area contributed by atoms with E-state index in [2.05, 4.69) is 203 Å². The van der Waals surface area contributed by atoms with E-state index in [9.17, 15) is 56.2 Å². The van der Waals surface area contributed by atoms with Crippen LogP contribution in [0.5, 0.6) is 0 Å². The number of esters is 7. The molecule has 26 rings (SSSR count). The van der Waals surface area contributed by atoms with Gasteiger partial charge in [-0.1, -0.05) is 145 Å². The summed E-state index contributed by atoms with van der Waals surface area (Å²) in [7, 11) is -0.0293. The van der Waals surface area contributed by atoms with E-state index in [0.29, 0.717) is 93.8 Å². The third-order valence-corrected chi connectivity index (χ3v) is 39.2. The van der Waals surface area contributed by atoms with Gasteiger partial charge < -0.3 is 52.8 Å². The molecular formula is C114H147ClF4O18S2+2. The van der Waals surface area contributed by atoms with E-state index in [0.717, 1.165) is 132 Å². The molecule has 18 nitrogen and oxygen atoms in total. The van der Waals surface area contributed by atoms with Gasteiger partial charge in [0, 0.05) is 13.8 Å². The van der Waals surface area contributed by atoms with Crippen molar-refractivity contribution in [1.82, 2.24) is 0 Å². The zero-order valence-electron chi connectivity index (χ0n) is 79.9. The standard InChI is InChI=1S/C45H64F2O10.2C18H15S.C17H24F2O6.C14H21ClO2.2CH4/c1-4-44(32-10-25-6-26(12-32)13-33(44)11-25)56-37(48)23-52-21-36(53-24-38(49)57-45(5-2)34-14-27-7-28(16-34)17-35(45)15-27)22-54-41(51)43-18-29-8-30(19-43)39(31(9-29)20-43)55-40(50)42(3,46)47;2*1-4-10-16(11-5-1)19(17-12-6-2-7-13-17)18-14-8-3-9-15-18;1-16(18,19)14(22)25-13-10-2-9-3-11(13)6-17(4-9,5-10)15(23)24-8-12(21)7-20;1-2-14(17-13(16)8-15)11-4-9-3-10(6-11)7-12(14)5-9;;/h25-36,39H,4-24H2,1-3H3;2*1-15H;9-13,20-21H,2-8H2,1H3;9-12H,2-8H2,1H3;2*1H4/q;2*+1;;;;. The number of carbonyl (C=O) groups excluding carboxylic acids is 7. The highest BCUT2D eigenvalue weighted by atomic mass is 35.5. The molecule has 6 aromatic carbocycles. The van der Waals surface area contributed by atoms with E-state index in [1.807, 2.05) is 0 Å². The maximum Gasteiger partial charge on any atom is 0.376 e. The number of ether oxygens (including phenoxy) is 9. The number of halogens is 5. The Bertz CT molecular complexity index is 4650. The summed E-state index contributed by atoms with van der Waals surface area (Å²) in [5.74, 6) is -4.58. The summed E-state index contributed by atoms with van der Waals surface area (Å²) in [6.45, 7) is 5.84. The number of hydrogen-bond acceptors (Lipinski definition) is 18. The molecule has 6 unspecified atom stereocenters. The van der Waals surface area contributed by atoms with Crippen LogP contribution in [0.25, 0.3) is 0 Å². The zero-order valence-corrected chi connectivity index (χ0v) is 82.3. The molecule has 6 atom stereocenters. The third-order valence-electron chi connectivity index (χ3n) is 34.5. The first-order chi connectivity index (χ1) is 65.9. The van der Waals surface area contributed by atoms with Crippen molar-refractivity contribution < 1.29 is 104 Å². The molecule has 0 aliphatic heterocycles. The molecule has 25 heteroatoms. The quantitative estimate of drug-likeness (QED) is 0.0135. The molecule has 139 heavy (non-hydrogen) atoms. The van der Waals surface area contributed by atoms with Crippen LogP contribution in [0.1, 0.15) is 229 Å². The van der Waals surface area contributed by atoms with Crippen LogP contribution in [0.2, 0.25) is 0 Å². The van der Waals surface area contributed by atoms with Gasteiger partial charge >= 0.3 is 53.6 Å². The highest BCUT2D eigenvalue weighted by Crippen LogP contribution is 2.67. The van der Waals surface area contributed by atoms with Gasteiger partial charge in [0.05, 0.1) is 45.8 Å². The average molecular weight is 1980 g/mol. The molecule has 20 aliphatic carbocycles. The highest BCUT2D eigenvalue weighted by Gasteiger charge is 2.66. The molecule has 756 valence electrons. The van der Waals surface area contributed by atoms with Crippen molar-refractivity contribution in [2.75, 3.05) is 45.5 Å². The van der Waals surface area contributed by atoms with Crippen LogP contribution < -0.4 is 0 Å². The summed E-state index contributed by atoms with van der Waals surface area (Å²) >= 11 is 5.61. The summed E-state index contributed by atoms with van der Waals surface area (Å²) in [5.41, 5.74) is -2.57. The van der Waals surface area contributed by atoms with Crippen molar-refractivity contribution in [3.05, 3.63) is 182 Å². The van der Waals surface area contributed by atoms with Crippen LogP contribution in [-0.4, -0.2) is 151 Å². The lowest BCUT2D eigenvalue weighted by Gasteiger charge is -2.60. The Balaban J connectivity index is 0.000000147. The first kappa shape index (κ1) is 105.